The van der Waals surface area contributed by atoms with E-state index in [4.69, 9.17) is 19.4 Å². The highest BCUT2D eigenvalue weighted by atomic mass is 79.9. The van der Waals surface area contributed by atoms with Crippen LogP contribution in [0.25, 0.3) is 0 Å². The van der Waals surface area contributed by atoms with Crippen molar-refractivity contribution in [1.82, 2.24) is 0 Å². The number of ether oxygens (including phenoxy) is 3. The minimum atomic E-state index is 0.353. The number of nitrogens with zero attached hydrogens (tertiary/aromatic N) is 1. The van der Waals surface area contributed by atoms with E-state index in [0.717, 1.165) is 4.47 Å². The van der Waals surface area contributed by atoms with E-state index in [1.165, 1.54) is 6.21 Å². The molecule has 0 saturated heterocycles. The minimum Gasteiger partial charge on any atom is -0.493 e. The lowest BCUT2D eigenvalue weighted by Gasteiger charge is -2.12. The zero-order valence-electron chi connectivity index (χ0n) is 12.0. The molecule has 0 radical (unpaired) electrons. The van der Waals surface area contributed by atoms with Gasteiger partial charge in [-0.25, -0.2) is 0 Å². The highest BCUT2D eigenvalue weighted by Gasteiger charge is 2.05. The topological polar surface area (TPSA) is 60.3 Å². The molecule has 0 aliphatic rings. The Balaban J connectivity index is 1.91. The fourth-order valence-corrected chi connectivity index (χ4v) is 2.23. The Morgan fingerprint density at radius 3 is 2.41 bits per heavy atom. The normalized spacial score (nSPS) is 10.6. The van der Waals surface area contributed by atoms with Gasteiger partial charge in [0.25, 0.3) is 0 Å². The first-order valence-electron chi connectivity index (χ1n) is 6.60. The Morgan fingerprint density at radius 2 is 1.73 bits per heavy atom. The third kappa shape index (κ3) is 4.39. The summed E-state index contributed by atoms with van der Waals surface area (Å²) in [6.45, 7) is 0.720. The van der Waals surface area contributed by atoms with Crippen molar-refractivity contribution in [2.45, 2.75) is 0 Å². The van der Waals surface area contributed by atoms with Crippen molar-refractivity contribution in [2.75, 3.05) is 20.3 Å². The Morgan fingerprint density at radius 1 is 1.05 bits per heavy atom. The number of hydrogen-bond donors (Lipinski definition) is 1. The number of hydrogen-bond acceptors (Lipinski definition) is 5. The summed E-state index contributed by atoms with van der Waals surface area (Å²) in [6.07, 6.45) is 1.32. The number of halogens is 1. The van der Waals surface area contributed by atoms with E-state index in [-0.39, 0.29) is 0 Å². The van der Waals surface area contributed by atoms with Crippen LogP contribution >= 0.6 is 15.9 Å². The summed E-state index contributed by atoms with van der Waals surface area (Å²) in [4.78, 5) is 0. The Kier molecular flexibility index (Phi) is 6.09. The van der Waals surface area contributed by atoms with Crippen LogP contribution in [-0.4, -0.2) is 31.7 Å². The third-order valence-corrected chi connectivity index (χ3v) is 3.33. The van der Waals surface area contributed by atoms with Crippen molar-refractivity contribution in [3.8, 4) is 17.2 Å². The average molecular weight is 366 g/mol. The van der Waals surface area contributed by atoms with Crippen LogP contribution in [-0.2, 0) is 0 Å². The maximum absolute atomic E-state index is 8.67. The second-order valence-electron chi connectivity index (χ2n) is 4.27. The number of benzene rings is 2. The van der Waals surface area contributed by atoms with Gasteiger partial charge in [0.1, 0.15) is 19.0 Å². The zero-order valence-corrected chi connectivity index (χ0v) is 13.6. The lowest BCUT2D eigenvalue weighted by Crippen LogP contribution is -2.10. The molecule has 2 aromatic carbocycles. The number of methoxy groups -OCH3 is 1. The van der Waals surface area contributed by atoms with Crippen molar-refractivity contribution in [1.29, 1.82) is 0 Å². The maximum Gasteiger partial charge on any atom is 0.161 e. The third-order valence-electron chi connectivity index (χ3n) is 2.84. The van der Waals surface area contributed by atoms with Crippen LogP contribution in [0.5, 0.6) is 17.2 Å². The fourth-order valence-electron chi connectivity index (χ4n) is 1.86. The molecular formula is C16H16BrNO4. The van der Waals surface area contributed by atoms with E-state index < -0.39 is 0 Å². The van der Waals surface area contributed by atoms with Gasteiger partial charge in [0, 0.05) is 10.0 Å². The van der Waals surface area contributed by atoms with Crippen molar-refractivity contribution in [3.05, 3.63) is 52.5 Å². The van der Waals surface area contributed by atoms with E-state index in [1.54, 1.807) is 19.2 Å². The molecular weight excluding hydrogens is 350 g/mol. The Bertz CT molecular complexity index is 646. The number of para-hydroxylation sites is 2. The largest absolute Gasteiger partial charge is 0.493 e. The fraction of sp³-hybridized carbons (Fsp3) is 0.188. The van der Waals surface area contributed by atoms with Gasteiger partial charge in [-0.15, -0.1) is 0 Å². The minimum absolute atomic E-state index is 0.353. The van der Waals surface area contributed by atoms with E-state index in [1.807, 2.05) is 30.3 Å². The van der Waals surface area contributed by atoms with Crippen LogP contribution in [0.1, 0.15) is 5.56 Å². The van der Waals surface area contributed by atoms with E-state index >= 15 is 0 Å². The number of rotatable bonds is 7. The molecule has 6 heteroatoms. The van der Waals surface area contributed by atoms with Gasteiger partial charge in [-0.3, -0.25) is 0 Å². The summed E-state index contributed by atoms with van der Waals surface area (Å²) < 4.78 is 17.4. The van der Waals surface area contributed by atoms with Gasteiger partial charge in [0.2, 0.25) is 0 Å². The molecule has 0 aromatic heterocycles. The molecule has 0 fully saturated rings. The van der Waals surface area contributed by atoms with Gasteiger partial charge >= 0.3 is 0 Å². The second-order valence-corrected chi connectivity index (χ2v) is 5.19. The second kappa shape index (κ2) is 8.29. The maximum atomic E-state index is 8.67. The Hall–Kier alpha value is -2.21. The average Bonchev–Trinajstić information content (AvgIpc) is 2.54. The summed E-state index contributed by atoms with van der Waals surface area (Å²) in [5.41, 5.74) is 0.675. The molecule has 0 unspecified atom stereocenters. The van der Waals surface area contributed by atoms with Crippen molar-refractivity contribution in [3.63, 3.8) is 0 Å². The van der Waals surface area contributed by atoms with Crippen molar-refractivity contribution >= 4 is 22.1 Å². The monoisotopic (exact) mass is 365 g/mol. The lowest BCUT2D eigenvalue weighted by atomic mass is 10.2. The first-order chi connectivity index (χ1) is 10.7. The first-order valence-corrected chi connectivity index (χ1v) is 7.39. The van der Waals surface area contributed by atoms with Crippen LogP contribution in [0.2, 0.25) is 0 Å². The van der Waals surface area contributed by atoms with Gasteiger partial charge in [-0.2, -0.15) is 0 Å². The van der Waals surface area contributed by atoms with Crippen LogP contribution < -0.4 is 14.2 Å². The van der Waals surface area contributed by atoms with Crippen molar-refractivity contribution < 1.29 is 19.4 Å². The molecule has 116 valence electrons. The summed E-state index contributed by atoms with van der Waals surface area (Å²) >= 11 is 3.36. The van der Waals surface area contributed by atoms with Crippen LogP contribution in [0.15, 0.2) is 52.1 Å². The molecule has 2 rings (SSSR count). The molecule has 0 aliphatic heterocycles. The summed E-state index contributed by atoms with van der Waals surface area (Å²) in [6, 6.07) is 12.9. The predicted molar refractivity (Wildman–Crippen MR) is 87.5 cm³/mol. The summed E-state index contributed by atoms with van der Waals surface area (Å²) in [7, 11) is 1.60. The number of oxime groups is 1. The molecule has 5 nitrogen and oxygen atoms in total. The first kappa shape index (κ1) is 16.2. The van der Waals surface area contributed by atoms with E-state index in [2.05, 4.69) is 21.1 Å². The SMILES string of the molecule is COc1ccccc1OCCOc1ccc(Br)cc1C=NO. The van der Waals surface area contributed by atoms with Gasteiger partial charge in [0.05, 0.1) is 13.3 Å². The van der Waals surface area contributed by atoms with Gasteiger partial charge in [-0.1, -0.05) is 33.2 Å². The zero-order chi connectivity index (χ0) is 15.8. The molecule has 2 aromatic rings. The highest BCUT2D eigenvalue weighted by Crippen LogP contribution is 2.26. The van der Waals surface area contributed by atoms with Crippen LogP contribution in [0.4, 0.5) is 0 Å². The predicted octanol–water partition coefficient (Wildman–Crippen LogP) is 3.72. The highest BCUT2D eigenvalue weighted by molar-refractivity contribution is 9.10. The molecule has 0 amide bonds. The van der Waals surface area contributed by atoms with Crippen LogP contribution in [0.3, 0.4) is 0 Å². The molecule has 22 heavy (non-hydrogen) atoms. The molecule has 0 spiro atoms. The van der Waals surface area contributed by atoms with E-state index in [9.17, 15) is 0 Å². The van der Waals surface area contributed by atoms with E-state index in [0.29, 0.717) is 36.0 Å². The molecule has 0 aliphatic carbocycles. The molecule has 0 saturated carbocycles. The van der Waals surface area contributed by atoms with Gasteiger partial charge in [0.15, 0.2) is 11.5 Å². The smallest absolute Gasteiger partial charge is 0.161 e. The molecule has 0 atom stereocenters. The van der Waals surface area contributed by atoms with Crippen LogP contribution in [0, 0.1) is 0 Å². The van der Waals surface area contributed by atoms with Gasteiger partial charge in [-0.05, 0) is 30.3 Å². The summed E-state index contributed by atoms with van der Waals surface area (Å²) in [5.74, 6) is 1.96. The Labute approximate surface area is 137 Å². The quantitative estimate of drug-likeness (QED) is 0.351. The van der Waals surface area contributed by atoms with Crippen molar-refractivity contribution in [2.24, 2.45) is 5.16 Å². The molecule has 0 bridgehead atoms. The lowest BCUT2D eigenvalue weighted by molar-refractivity contribution is 0.211. The standard InChI is InChI=1S/C16H16BrNO4/c1-20-15-4-2-3-5-16(15)22-9-8-21-14-7-6-13(17)10-12(14)11-18-19/h2-7,10-11,19H,8-9H2,1H3. The molecule has 0 heterocycles. The molecule has 1 N–H and O–H groups in total. The summed E-state index contributed by atoms with van der Waals surface area (Å²) in [5, 5.41) is 11.7. The van der Waals surface area contributed by atoms with Gasteiger partial charge < -0.3 is 19.4 Å².